The minimum Gasteiger partial charge on any atom is -0.423 e. The van der Waals surface area contributed by atoms with Gasteiger partial charge in [0.2, 0.25) is 0 Å². The summed E-state index contributed by atoms with van der Waals surface area (Å²) < 4.78 is 18.8. The van der Waals surface area contributed by atoms with Gasteiger partial charge in [-0.15, -0.1) is 0 Å². The molecule has 3 nitrogen and oxygen atoms in total. The molecule has 4 rings (SSSR count). The lowest BCUT2D eigenvalue weighted by molar-refractivity contribution is 0.319. The number of rotatable bonds is 4. The molecule has 1 aliphatic rings. The Morgan fingerprint density at radius 3 is 2.68 bits per heavy atom. The summed E-state index contributed by atoms with van der Waals surface area (Å²) in [5.41, 5.74) is 4.87. The highest BCUT2D eigenvalue weighted by molar-refractivity contribution is 5.82. The number of halogens is 1. The van der Waals surface area contributed by atoms with Crippen LogP contribution >= 0.6 is 0 Å². The third kappa shape index (κ3) is 3.35. The zero-order chi connectivity index (χ0) is 17.4. The van der Waals surface area contributed by atoms with E-state index in [4.69, 9.17) is 4.42 Å². The van der Waals surface area contributed by atoms with Gasteiger partial charge in [0.25, 0.3) is 0 Å². The van der Waals surface area contributed by atoms with Crippen molar-refractivity contribution in [1.82, 2.24) is 4.90 Å². The van der Waals surface area contributed by atoms with E-state index in [1.807, 2.05) is 19.2 Å². The second-order valence-corrected chi connectivity index (χ2v) is 6.86. The maximum absolute atomic E-state index is 13.4. The van der Waals surface area contributed by atoms with E-state index >= 15 is 0 Å². The van der Waals surface area contributed by atoms with Crippen LogP contribution in [0.3, 0.4) is 0 Å². The van der Waals surface area contributed by atoms with Crippen molar-refractivity contribution in [3.63, 3.8) is 0 Å². The number of hydrogen-bond acceptors (Lipinski definition) is 3. The van der Waals surface area contributed by atoms with E-state index in [-0.39, 0.29) is 11.4 Å². The molecule has 0 fully saturated rings. The fraction of sp³-hybridized carbons (Fsp3) is 0.286. The number of fused-ring (bicyclic) bond motifs is 2. The lowest BCUT2D eigenvalue weighted by Crippen LogP contribution is -2.18. The van der Waals surface area contributed by atoms with E-state index < -0.39 is 0 Å². The summed E-state index contributed by atoms with van der Waals surface area (Å²) in [6.45, 7) is 1.22. The first kappa shape index (κ1) is 16.0. The van der Waals surface area contributed by atoms with Crippen molar-refractivity contribution < 1.29 is 8.81 Å². The Hall–Kier alpha value is -2.46. The van der Waals surface area contributed by atoms with E-state index in [9.17, 15) is 9.18 Å². The fourth-order valence-electron chi connectivity index (χ4n) is 3.72. The lowest BCUT2D eigenvalue weighted by Gasteiger charge is -2.18. The molecule has 0 unspecified atom stereocenters. The average Bonchev–Trinajstić information content (AvgIpc) is 3.00. The first-order valence-corrected chi connectivity index (χ1v) is 8.60. The molecule has 0 atom stereocenters. The van der Waals surface area contributed by atoms with Crippen molar-refractivity contribution in [2.24, 2.45) is 0 Å². The lowest BCUT2D eigenvalue weighted by atomic mass is 10.0. The normalized spacial score (nSPS) is 13.6. The maximum Gasteiger partial charge on any atom is 0.336 e. The van der Waals surface area contributed by atoms with Crippen LogP contribution in [0.25, 0.3) is 11.0 Å². The zero-order valence-electron chi connectivity index (χ0n) is 14.2. The Balaban J connectivity index is 1.65. The molecule has 4 heteroatoms. The van der Waals surface area contributed by atoms with Gasteiger partial charge in [0.1, 0.15) is 11.4 Å². The predicted molar refractivity (Wildman–Crippen MR) is 96.1 cm³/mol. The Morgan fingerprint density at radius 2 is 1.88 bits per heavy atom. The molecule has 0 saturated carbocycles. The van der Waals surface area contributed by atoms with Crippen molar-refractivity contribution >= 4 is 11.0 Å². The van der Waals surface area contributed by atoms with Crippen molar-refractivity contribution in [3.8, 4) is 0 Å². The van der Waals surface area contributed by atoms with Gasteiger partial charge in [-0.3, -0.25) is 4.90 Å². The Labute approximate surface area is 145 Å². The third-order valence-corrected chi connectivity index (χ3v) is 4.82. The molecule has 3 aromatic rings. The van der Waals surface area contributed by atoms with Gasteiger partial charge in [-0.1, -0.05) is 12.1 Å². The molecular weight excluding hydrogens is 317 g/mol. The first-order chi connectivity index (χ1) is 12.1. The molecule has 0 N–H and O–H groups in total. The monoisotopic (exact) mass is 337 g/mol. The molecule has 0 saturated heterocycles. The summed E-state index contributed by atoms with van der Waals surface area (Å²) in [7, 11) is 1.97. The Bertz CT molecular complexity index is 993. The third-order valence-electron chi connectivity index (χ3n) is 4.82. The van der Waals surface area contributed by atoms with E-state index in [0.717, 1.165) is 35.8 Å². The highest BCUT2D eigenvalue weighted by Gasteiger charge is 2.16. The summed E-state index contributed by atoms with van der Waals surface area (Å²) >= 11 is 0. The van der Waals surface area contributed by atoms with Crippen molar-refractivity contribution in [3.05, 3.63) is 81.0 Å². The van der Waals surface area contributed by atoms with Crippen LogP contribution in [0.5, 0.6) is 0 Å². The van der Waals surface area contributed by atoms with Gasteiger partial charge in [-0.25, -0.2) is 9.18 Å². The van der Waals surface area contributed by atoms with E-state index in [2.05, 4.69) is 11.0 Å². The molecule has 25 heavy (non-hydrogen) atoms. The Morgan fingerprint density at radius 1 is 1.08 bits per heavy atom. The molecule has 0 spiro atoms. The average molecular weight is 337 g/mol. The topological polar surface area (TPSA) is 33.5 Å². The molecule has 0 radical (unpaired) electrons. The summed E-state index contributed by atoms with van der Waals surface area (Å²) in [6, 6.07) is 12.4. The van der Waals surface area contributed by atoms with Gasteiger partial charge in [0.05, 0.1) is 0 Å². The van der Waals surface area contributed by atoms with Crippen LogP contribution in [0, 0.1) is 5.82 Å². The summed E-state index contributed by atoms with van der Waals surface area (Å²) in [5, 5.41) is 1.01. The fourth-order valence-corrected chi connectivity index (χ4v) is 3.72. The van der Waals surface area contributed by atoms with E-state index in [1.165, 1.54) is 17.2 Å². The van der Waals surface area contributed by atoms with Gasteiger partial charge >= 0.3 is 5.63 Å². The van der Waals surface area contributed by atoms with Gasteiger partial charge < -0.3 is 4.42 Å². The van der Waals surface area contributed by atoms with Gasteiger partial charge in [-0.2, -0.15) is 0 Å². The molecule has 0 bridgehead atoms. The smallest absolute Gasteiger partial charge is 0.336 e. The molecule has 1 heterocycles. The van der Waals surface area contributed by atoms with Crippen LogP contribution in [-0.2, 0) is 25.9 Å². The first-order valence-electron chi connectivity index (χ1n) is 8.60. The van der Waals surface area contributed by atoms with E-state index in [1.54, 1.807) is 18.2 Å². The molecule has 0 aliphatic heterocycles. The highest BCUT2D eigenvalue weighted by Crippen LogP contribution is 2.29. The van der Waals surface area contributed by atoms with Crippen LogP contribution < -0.4 is 5.63 Å². The quantitative estimate of drug-likeness (QED) is 0.673. The second-order valence-electron chi connectivity index (χ2n) is 6.86. The van der Waals surface area contributed by atoms with Crippen LogP contribution in [-0.4, -0.2) is 11.9 Å². The minimum absolute atomic E-state index is 0.229. The predicted octanol–water partition coefficient (Wildman–Crippen LogP) is 4.05. The number of aryl methyl sites for hydroxylation is 2. The van der Waals surface area contributed by atoms with Crippen LogP contribution in [0.4, 0.5) is 4.39 Å². The van der Waals surface area contributed by atoms with Crippen LogP contribution in [0.2, 0.25) is 0 Å². The Kier molecular flexibility index (Phi) is 4.14. The summed E-state index contributed by atoms with van der Waals surface area (Å²) in [4.78, 5) is 14.0. The molecule has 2 aromatic carbocycles. The largest absolute Gasteiger partial charge is 0.423 e. The molecule has 0 amide bonds. The van der Waals surface area contributed by atoms with Gasteiger partial charge in [-0.05, 0) is 72.8 Å². The molecular formula is C21H20FNO2. The summed E-state index contributed by atoms with van der Waals surface area (Å²) in [5.74, 6) is -0.229. The van der Waals surface area contributed by atoms with Crippen molar-refractivity contribution in [1.29, 1.82) is 0 Å². The van der Waals surface area contributed by atoms with Crippen molar-refractivity contribution in [2.75, 3.05) is 7.05 Å². The number of nitrogens with zero attached hydrogens (tertiary/aromatic N) is 1. The molecule has 1 aromatic heterocycles. The van der Waals surface area contributed by atoms with Crippen LogP contribution in [0.1, 0.15) is 28.7 Å². The molecule has 1 aliphatic carbocycles. The standard InChI is InChI=1S/C21H20FNO2/c1-23(12-14-4-2-7-18(22)8-14)13-17-11-21(24)25-20-10-16-6-3-5-15(16)9-19(17)20/h2,4,7-11H,3,5-6,12-13H2,1H3. The minimum atomic E-state index is -0.320. The van der Waals surface area contributed by atoms with Gasteiger partial charge in [0.15, 0.2) is 0 Å². The van der Waals surface area contributed by atoms with Crippen molar-refractivity contribution in [2.45, 2.75) is 32.4 Å². The SMILES string of the molecule is CN(Cc1cccc(F)c1)Cc1cc(=O)oc2cc3c(cc12)CCC3. The second kappa shape index (κ2) is 6.45. The summed E-state index contributed by atoms with van der Waals surface area (Å²) in [6.07, 6.45) is 3.30. The number of hydrogen-bond donors (Lipinski definition) is 0. The maximum atomic E-state index is 13.4. The number of benzene rings is 2. The highest BCUT2D eigenvalue weighted by atomic mass is 19.1. The van der Waals surface area contributed by atoms with E-state index in [0.29, 0.717) is 18.7 Å². The van der Waals surface area contributed by atoms with Crippen LogP contribution in [0.15, 0.2) is 51.7 Å². The van der Waals surface area contributed by atoms with Gasteiger partial charge in [0, 0.05) is 24.5 Å². The zero-order valence-corrected chi connectivity index (χ0v) is 14.2. The molecule has 128 valence electrons.